The highest BCUT2D eigenvalue weighted by atomic mass is 19.1. The molecule has 1 atom stereocenters. The molecule has 0 aliphatic carbocycles. The van der Waals surface area contributed by atoms with Crippen LogP contribution >= 0.6 is 0 Å². The van der Waals surface area contributed by atoms with Gasteiger partial charge in [-0.2, -0.15) is 0 Å². The van der Waals surface area contributed by atoms with Gasteiger partial charge in [0.25, 0.3) is 5.91 Å². The maximum Gasteiger partial charge on any atom is 0.329 e. The van der Waals surface area contributed by atoms with Gasteiger partial charge in [-0.1, -0.05) is 42.5 Å². The molecule has 5 nitrogen and oxygen atoms in total. The van der Waals surface area contributed by atoms with Gasteiger partial charge in [0.2, 0.25) is 0 Å². The summed E-state index contributed by atoms with van der Waals surface area (Å²) in [5.41, 5.74) is 1.53. The minimum Gasteiger partial charge on any atom is -0.459 e. The van der Waals surface area contributed by atoms with E-state index in [1.54, 1.807) is 6.07 Å². The van der Waals surface area contributed by atoms with Crippen LogP contribution in [0, 0.1) is 5.82 Å². The molecule has 0 aliphatic heterocycles. The van der Waals surface area contributed by atoms with E-state index in [-0.39, 0.29) is 24.6 Å². The smallest absolute Gasteiger partial charge is 0.329 e. The number of rotatable bonds is 7. The lowest BCUT2D eigenvalue weighted by Gasteiger charge is -2.17. The van der Waals surface area contributed by atoms with Gasteiger partial charge in [0.05, 0.1) is 6.26 Å². The summed E-state index contributed by atoms with van der Waals surface area (Å²) < 4.78 is 23.4. The van der Waals surface area contributed by atoms with Crippen molar-refractivity contribution in [1.29, 1.82) is 0 Å². The molecule has 3 aromatic rings. The summed E-state index contributed by atoms with van der Waals surface area (Å²) in [6, 6.07) is 17.2. The second-order valence-corrected chi connectivity index (χ2v) is 5.93. The fourth-order valence-corrected chi connectivity index (χ4v) is 2.52. The van der Waals surface area contributed by atoms with Crippen LogP contribution in [0.25, 0.3) is 0 Å². The van der Waals surface area contributed by atoms with E-state index in [4.69, 9.17) is 9.15 Å². The molecule has 27 heavy (non-hydrogen) atoms. The van der Waals surface area contributed by atoms with E-state index in [1.807, 2.05) is 30.3 Å². The Morgan fingerprint density at radius 1 is 0.963 bits per heavy atom. The molecule has 0 spiro atoms. The van der Waals surface area contributed by atoms with E-state index in [2.05, 4.69) is 5.32 Å². The van der Waals surface area contributed by atoms with Crippen molar-refractivity contribution < 1.29 is 23.1 Å². The molecular weight excluding hydrogens is 349 g/mol. The first kappa shape index (κ1) is 18.4. The lowest BCUT2D eigenvalue weighted by molar-refractivity contribution is -0.147. The number of furan rings is 1. The third-order valence-electron chi connectivity index (χ3n) is 3.91. The van der Waals surface area contributed by atoms with Gasteiger partial charge < -0.3 is 14.5 Å². The van der Waals surface area contributed by atoms with E-state index in [0.717, 1.165) is 5.56 Å². The standard InChI is InChI=1S/C21H18FNO4/c22-17-10-8-16(9-11-17)14-27-21(25)18(13-15-5-2-1-3-6-15)23-20(24)19-7-4-12-26-19/h1-12,18H,13-14H2,(H,23,24). The van der Waals surface area contributed by atoms with Crippen LogP contribution in [0.3, 0.4) is 0 Å². The lowest BCUT2D eigenvalue weighted by Crippen LogP contribution is -2.43. The van der Waals surface area contributed by atoms with Gasteiger partial charge in [-0.3, -0.25) is 4.79 Å². The monoisotopic (exact) mass is 367 g/mol. The zero-order valence-electron chi connectivity index (χ0n) is 14.4. The Bertz CT molecular complexity index is 876. The van der Waals surface area contributed by atoms with Gasteiger partial charge in [-0.05, 0) is 35.4 Å². The van der Waals surface area contributed by atoms with Gasteiger partial charge in [-0.25, -0.2) is 9.18 Å². The topological polar surface area (TPSA) is 68.5 Å². The molecule has 1 heterocycles. The lowest BCUT2D eigenvalue weighted by atomic mass is 10.1. The number of nitrogens with one attached hydrogen (secondary N) is 1. The molecule has 6 heteroatoms. The van der Waals surface area contributed by atoms with E-state index in [0.29, 0.717) is 5.56 Å². The molecule has 0 aliphatic rings. The number of hydrogen-bond acceptors (Lipinski definition) is 4. The summed E-state index contributed by atoms with van der Waals surface area (Å²) in [4.78, 5) is 24.8. The SMILES string of the molecule is O=C(NC(Cc1ccccc1)C(=O)OCc1ccc(F)cc1)c1ccco1. The van der Waals surface area contributed by atoms with Gasteiger partial charge in [-0.15, -0.1) is 0 Å². The van der Waals surface area contributed by atoms with Gasteiger partial charge >= 0.3 is 5.97 Å². The first-order valence-electron chi connectivity index (χ1n) is 8.41. The van der Waals surface area contributed by atoms with Crippen molar-refractivity contribution in [1.82, 2.24) is 5.32 Å². The van der Waals surface area contributed by atoms with Crippen LogP contribution in [0.5, 0.6) is 0 Å². The van der Waals surface area contributed by atoms with Crippen molar-refractivity contribution in [3.63, 3.8) is 0 Å². The van der Waals surface area contributed by atoms with Crippen molar-refractivity contribution in [3.05, 3.63) is 95.7 Å². The summed E-state index contributed by atoms with van der Waals surface area (Å²) in [5, 5.41) is 2.65. The second-order valence-electron chi connectivity index (χ2n) is 5.93. The van der Waals surface area contributed by atoms with Crippen LogP contribution in [0.2, 0.25) is 0 Å². The quantitative estimate of drug-likeness (QED) is 0.649. The third kappa shape index (κ3) is 5.28. The zero-order valence-corrected chi connectivity index (χ0v) is 14.4. The average Bonchev–Trinajstić information content (AvgIpc) is 3.22. The molecule has 2 aromatic carbocycles. The summed E-state index contributed by atoms with van der Waals surface area (Å²) in [6.07, 6.45) is 1.66. The summed E-state index contributed by atoms with van der Waals surface area (Å²) in [5.74, 6) is -1.33. The molecule has 3 rings (SSSR count). The van der Waals surface area contributed by atoms with Crippen LogP contribution in [0.1, 0.15) is 21.7 Å². The molecule has 1 aromatic heterocycles. The summed E-state index contributed by atoms with van der Waals surface area (Å²) >= 11 is 0. The molecule has 0 bridgehead atoms. The molecule has 0 fully saturated rings. The molecule has 1 unspecified atom stereocenters. The number of esters is 1. The fourth-order valence-electron chi connectivity index (χ4n) is 2.52. The Balaban J connectivity index is 1.68. The number of benzene rings is 2. The molecular formula is C21H18FNO4. The average molecular weight is 367 g/mol. The minimum atomic E-state index is -0.884. The molecule has 1 N–H and O–H groups in total. The van der Waals surface area contributed by atoms with Crippen molar-refractivity contribution >= 4 is 11.9 Å². The highest BCUT2D eigenvalue weighted by Crippen LogP contribution is 2.09. The normalized spacial score (nSPS) is 11.6. The number of amides is 1. The molecule has 1 amide bonds. The largest absolute Gasteiger partial charge is 0.459 e. The molecule has 0 radical (unpaired) electrons. The predicted octanol–water partition coefficient (Wildman–Crippen LogP) is 3.50. The first-order valence-corrected chi connectivity index (χ1v) is 8.41. The number of carbonyl (C=O) groups excluding carboxylic acids is 2. The van der Waals surface area contributed by atoms with Gasteiger partial charge in [0.1, 0.15) is 18.5 Å². The van der Waals surface area contributed by atoms with Crippen LogP contribution in [0.4, 0.5) is 4.39 Å². The summed E-state index contributed by atoms with van der Waals surface area (Å²) in [7, 11) is 0. The summed E-state index contributed by atoms with van der Waals surface area (Å²) in [6.45, 7) is -0.0129. The van der Waals surface area contributed by atoms with Crippen LogP contribution in [-0.2, 0) is 22.6 Å². The first-order chi connectivity index (χ1) is 13.1. The molecule has 0 saturated carbocycles. The maximum absolute atomic E-state index is 13.0. The highest BCUT2D eigenvalue weighted by Gasteiger charge is 2.24. The molecule has 138 valence electrons. The van der Waals surface area contributed by atoms with E-state index in [1.165, 1.54) is 36.6 Å². The van der Waals surface area contributed by atoms with Gasteiger partial charge in [0, 0.05) is 6.42 Å². The van der Waals surface area contributed by atoms with Crippen molar-refractivity contribution in [2.45, 2.75) is 19.1 Å². The zero-order chi connectivity index (χ0) is 19.1. The minimum absolute atomic E-state index is 0.0129. The Labute approximate surface area is 155 Å². The maximum atomic E-state index is 13.0. The molecule has 0 saturated heterocycles. The third-order valence-corrected chi connectivity index (χ3v) is 3.91. The Morgan fingerprint density at radius 3 is 2.37 bits per heavy atom. The van der Waals surface area contributed by atoms with E-state index < -0.39 is 17.9 Å². The van der Waals surface area contributed by atoms with Crippen molar-refractivity contribution in [2.24, 2.45) is 0 Å². The van der Waals surface area contributed by atoms with Crippen LogP contribution < -0.4 is 5.32 Å². The van der Waals surface area contributed by atoms with Crippen molar-refractivity contribution in [3.8, 4) is 0 Å². The number of halogens is 1. The Morgan fingerprint density at radius 2 is 1.70 bits per heavy atom. The predicted molar refractivity (Wildman–Crippen MR) is 96.3 cm³/mol. The number of hydrogen-bond donors (Lipinski definition) is 1. The van der Waals surface area contributed by atoms with Crippen molar-refractivity contribution in [2.75, 3.05) is 0 Å². The number of carbonyl (C=O) groups is 2. The van der Waals surface area contributed by atoms with Gasteiger partial charge in [0.15, 0.2) is 5.76 Å². The fraction of sp³-hybridized carbons (Fsp3) is 0.143. The Hall–Kier alpha value is -3.41. The van der Waals surface area contributed by atoms with Crippen LogP contribution in [-0.4, -0.2) is 17.9 Å². The number of ether oxygens (including phenoxy) is 1. The second kappa shape index (κ2) is 8.80. The Kier molecular flexibility index (Phi) is 5.99. The highest BCUT2D eigenvalue weighted by molar-refractivity contribution is 5.94. The van der Waals surface area contributed by atoms with Crippen LogP contribution in [0.15, 0.2) is 77.4 Å². The van der Waals surface area contributed by atoms with E-state index in [9.17, 15) is 14.0 Å². The van der Waals surface area contributed by atoms with E-state index >= 15 is 0 Å².